The highest BCUT2D eigenvalue weighted by Crippen LogP contribution is 2.37. The molecular formula is C15H22BrN3O. The summed E-state index contributed by atoms with van der Waals surface area (Å²) in [5.74, 6) is 0.598. The molecule has 1 aliphatic carbocycles. The van der Waals surface area contributed by atoms with E-state index in [-0.39, 0.29) is 11.9 Å². The van der Waals surface area contributed by atoms with Gasteiger partial charge in [-0.3, -0.25) is 4.79 Å². The molecular weight excluding hydrogens is 318 g/mol. The molecule has 2 fully saturated rings. The molecule has 2 N–H and O–H groups in total. The van der Waals surface area contributed by atoms with Crippen molar-refractivity contribution in [3.8, 4) is 0 Å². The molecule has 2 atom stereocenters. The number of hydrogen-bond acceptors (Lipinski definition) is 2. The maximum absolute atomic E-state index is 12.5. The Morgan fingerprint density at radius 3 is 2.95 bits per heavy atom. The summed E-state index contributed by atoms with van der Waals surface area (Å²) < 4.78 is 3.10. The lowest BCUT2D eigenvalue weighted by atomic mass is 9.93. The third-order valence-corrected chi connectivity index (χ3v) is 4.82. The van der Waals surface area contributed by atoms with Crippen molar-refractivity contribution in [2.45, 2.75) is 44.7 Å². The second-order valence-electron chi connectivity index (χ2n) is 6.05. The van der Waals surface area contributed by atoms with Crippen LogP contribution in [-0.4, -0.2) is 29.6 Å². The van der Waals surface area contributed by atoms with E-state index in [1.807, 2.05) is 12.3 Å². The van der Waals surface area contributed by atoms with Crippen LogP contribution in [0.1, 0.15) is 49.1 Å². The molecule has 0 aromatic carbocycles. The number of nitrogens with one attached hydrogen (secondary N) is 2. The largest absolute Gasteiger partial charge is 0.348 e. The van der Waals surface area contributed by atoms with Gasteiger partial charge in [-0.05, 0) is 73.6 Å². The maximum atomic E-state index is 12.5. The lowest BCUT2D eigenvalue weighted by Crippen LogP contribution is -2.44. The molecule has 1 saturated heterocycles. The quantitative estimate of drug-likeness (QED) is 0.885. The van der Waals surface area contributed by atoms with E-state index in [0.29, 0.717) is 12.0 Å². The predicted molar refractivity (Wildman–Crippen MR) is 82.9 cm³/mol. The lowest BCUT2D eigenvalue weighted by molar-refractivity contribution is 0.0912. The molecule has 2 heterocycles. The molecule has 0 bridgehead atoms. The van der Waals surface area contributed by atoms with Crippen LogP contribution >= 0.6 is 15.9 Å². The number of piperidine rings is 1. The number of aromatic nitrogens is 1. The maximum Gasteiger partial charge on any atom is 0.268 e. The molecule has 0 spiro atoms. The van der Waals surface area contributed by atoms with Gasteiger partial charge in [-0.25, -0.2) is 0 Å². The Bertz CT molecular complexity index is 489. The minimum atomic E-state index is 0.0562. The minimum absolute atomic E-state index is 0.0562. The molecule has 0 radical (unpaired) electrons. The summed E-state index contributed by atoms with van der Waals surface area (Å²) in [5, 5.41) is 6.59. The van der Waals surface area contributed by atoms with Crippen molar-refractivity contribution in [3.05, 3.63) is 22.4 Å². The molecule has 4 nitrogen and oxygen atoms in total. The van der Waals surface area contributed by atoms with Crippen LogP contribution in [0, 0.1) is 5.92 Å². The van der Waals surface area contributed by atoms with E-state index in [0.717, 1.165) is 23.3 Å². The summed E-state index contributed by atoms with van der Waals surface area (Å²) in [4.78, 5) is 12.5. The fourth-order valence-corrected chi connectivity index (χ4v) is 3.42. The Kier molecular flexibility index (Phi) is 4.17. The van der Waals surface area contributed by atoms with Crippen molar-refractivity contribution >= 4 is 21.8 Å². The Hall–Kier alpha value is -0.810. The van der Waals surface area contributed by atoms with Gasteiger partial charge in [0.2, 0.25) is 0 Å². The second kappa shape index (κ2) is 5.90. The molecule has 1 amide bonds. The molecule has 1 aliphatic heterocycles. The van der Waals surface area contributed by atoms with Crippen LogP contribution in [0.2, 0.25) is 0 Å². The highest BCUT2D eigenvalue weighted by molar-refractivity contribution is 9.10. The molecule has 20 heavy (non-hydrogen) atoms. The third kappa shape index (κ3) is 3.09. The van der Waals surface area contributed by atoms with Gasteiger partial charge in [0.1, 0.15) is 5.69 Å². The van der Waals surface area contributed by atoms with E-state index in [1.54, 1.807) is 0 Å². The van der Waals surface area contributed by atoms with Gasteiger partial charge in [0, 0.05) is 22.8 Å². The van der Waals surface area contributed by atoms with Crippen LogP contribution in [-0.2, 0) is 0 Å². The van der Waals surface area contributed by atoms with E-state index in [1.165, 1.54) is 25.7 Å². The van der Waals surface area contributed by atoms with Crippen molar-refractivity contribution in [2.75, 3.05) is 13.1 Å². The first-order chi connectivity index (χ1) is 9.65. The summed E-state index contributed by atoms with van der Waals surface area (Å²) >= 11 is 3.48. The molecule has 2 aliphatic rings. The zero-order chi connectivity index (χ0) is 14.1. The predicted octanol–water partition coefficient (Wildman–Crippen LogP) is 2.70. The Labute approximate surface area is 128 Å². The van der Waals surface area contributed by atoms with Crippen molar-refractivity contribution in [3.63, 3.8) is 0 Å². The zero-order valence-electron chi connectivity index (χ0n) is 11.9. The smallest absolute Gasteiger partial charge is 0.268 e. The zero-order valence-corrected chi connectivity index (χ0v) is 13.4. The fraction of sp³-hybridized carbons (Fsp3) is 0.667. The van der Waals surface area contributed by atoms with Gasteiger partial charge in [0.05, 0.1) is 0 Å². The number of carbonyl (C=O) groups is 1. The van der Waals surface area contributed by atoms with E-state index in [2.05, 4.69) is 38.1 Å². The molecule has 1 aromatic heterocycles. The SMILES string of the molecule is CC(NC(=O)c1cc(Br)cn1C1CC1)C1CCCNC1. The van der Waals surface area contributed by atoms with Crippen molar-refractivity contribution in [2.24, 2.45) is 5.92 Å². The minimum Gasteiger partial charge on any atom is -0.348 e. The molecule has 3 rings (SSSR count). The summed E-state index contributed by atoms with van der Waals surface area (Å²) in [6.45, 7) is 4.23. The highest BCUT2D eigenvalue weighted by atomic mass is 79.9. The van der Waals surface area contributed by atoms with E-state index < -0.39 is 0 Å². The van der Waals surface area contributed by atoms with Crippen LogP contribution < -0.4 is 10.6 Å². The van der Waals surface area contributed by atoms with Gasteiger partial charge in [-0.2, -0.15) is 0 Å². The van der Waals surface area contributed by atoms with Gasteiger partial charge >= 0.3 is 0 Å². The number of nitrogens with zero attached hydrogens (tertiary/aromatic N) is 1. The van der Waals surface area contributed by atoms with E-state index >= 15 is 0 Å². The molecule has 1 saturated carbocycles. The molecule has 2 unspecified atom stereocenters. The average Bonchev–Trinajstić information content (AvgIpc) is 3.22. The van der Waals surface area contributed by atoms with Crippen molar-refractivity contribution in [1.29, 1.82) is 0 Å². The highest BCUT2D eigenvalue weighted by Gasteiger charge is 2.29. The van der Waals surface area contributed by atoms with Gasteiger partial charge in [0.15, 0.2) is 0 Å². The Morgan fingerprint density at radius 1 is 1.50 bits per heavy atom. The Balaban J connectivity index is 1.66. The molecule has 5 heteroatoms. The lowest BCUT2D eigenvalue weighted by Gasteiger charge is -2.29. The number of rotatable bonds is 4. The van der Waals surface area contributed by atoms with Crippen LogP contribution in [0.15, 0.2) is 16.7 Å². The Morgan fingerprint density at radius 2 is 2.30 bits per heavy atom. The molecule has 1 aromatic rings. The third-order valence-electron chi connectivity index (χ3n) is 4.39. The van der Waals surface area contributed by atoms with Gasteiger partial charge in [0.25, 0.3) is 5.91 Å². The summed E-state index contributed by atoms with van der Waals surface area (Å²) in [6.07, 6.45) is 6.79. The fourth-order valence-electron chi connectivity index (χ4n) is 2.99. The normalized spacial score (nSPS) is 24.4. The first-order valence-electron chi connectivity index (χ1n) is 7.54. The number of halogens is 1. The average molecular weight is 340 g/mol. The van der Waals surface area contributed by atoms with Crippen molar-refractivity contribution in [1.82, 2.24) is 15.2 Å². The van der Waals surface area contributed by atoms with Gasteiger partial charge < -0.3 is 15.2 Å². The molecule has 110 valence electrons. The topological polar surface area (TPSA) is 46.1 Å². The van der Waals surface area contributed by atoms with E-state index in [9.17, 15) is 4.79 Å². The van der Waals surface area contributed by atoms with Crippen molar-refractivity contribution < 1.29 is 4.79 Å². The summed E-state index contributed by atoms with van der Waals surface area (Å²) in [6, 6.07) is 2.67. The van der Waals surface area contributed by atoms with Crippen LogP contribution in [0.5, 0.6) is 0 Å². The first-order valence-corrected chi connectivity index (χ1v) is 8.33. The van der Waals surface area contributed by atoms with E-state index in [4.69, 9.17) is 0 Å². The number of amides is 1. The van der Waals surface area contributed by atoms with Crippen LogP contribution in [0.4, 0.5) is 0 Å². The summed E-state index contributed by atoms with van der Waals surface area (Å²) in [7, 11) is 0. The van der Waals surface area contributed by atoms with Crippen LogP contribution in [0.25, 0.3) is 0 Å². The standard InChI is InChI=1S/C15H22BrN3O/c1-10(11-3-2-6-17-8-11)18-15(20)14-7-12(16)9-19(14)13-4-5-13/h7,9-11,13,17H,2-6,8H2,1H3,(H,18,20). The second-order valence-corrected chi connectivity index (χ2v) is 6.97. The van der Waals surface area contributed by atoms with Crippen LogP contribution in [0.3, 0.4) is 0 Å². The van der Waals surface area contributed by atoms with Gasteiger partial charge in [-0.15, -0.1) is 0 Å². The number of hydrogen-bond donors (Lipinski definition) is 2. The monoisotopic (exact) mass is 339 g/mol. The number of carbonyl (C=O) groups excluding carboxylic acids is 1. The first kappa shape index (κ1) is 14.1. The summed E-state index contributed by atoms with van der Waals surface area (Å²) in [5.41, 5.74) is 0.787. The van der Waals surface area contributed by atoms with Gasteiger partial charge in [-0.1, -0.05) is 0 Å².